The van der Waals surface area contributed by atoms with Crippen LogP contribution in [0.3, 0.4) is 0 Å². The second kappa shape index (κ2) is 7.97. The van der Waals surface area contributed by atoms with Gasteiger partial charge < -0.3 is 9.47 Å². The number of carbonyl (C=O) groups is 2. The van der Waals surface area contributed by atoms with E-state index in [4.69, 9.17) is 9.47 Å². The summed E-state index contributed by atoms with van der Waals surface area (Å²) in [6.45, 7) is 12.2. The molecule has 1 aromatic rings. The predicted molar refractivity (Wildman–Crippen MR) is 86.2 cm³/mol. The molecule has 22 heavy (non-hydrogen) atoms. The molecule has 1 aromatic carbocycles. The molecule has 1 rings (SSSR count). The number of rotatable bonds is 6. The van der Waals surface area contributed by atoms with Crippen LogP contribution >= 0.6 is 0 Å². The highest BCUT2D eigenvalue weighted by Crippen LogP contribution is 2.21. The molecule has 0 aliphatic rings. The zero-order valence-corrected chi connectivity index (χ0v) is 14.4. The Labute approximate surface area is 132 Å². The third-order valence-corrected chi connectivity index (χ3v) is 3.26. The molecule has 0 aliphatic heterocycles. The van der Waals surface area contributed by atoms with Gasteiger partial charge in [0.15, 0.2) is 0 Å². The SMILES string of the molecule is Cc1ccc(C(=O)OCC(C)C)c(C(=O)OCC(C)C)c1C. The Morgan fingerprint density at radius 1 is 0.909 bits per heavy atom. The second-order valence-corrected chi connectivity index (χ2v) is 6.41. The molecule has 0 fully saturated rings. The van der Waals surface area contributed by atoms with Crippen molar-refractivity contribution in [1.29, 1.82) is 0 Å². The summed E-state index contributed by atoms with van der Waals surface area (Å²) in [6.07, 6.45) is 0. The molecule has 0 aliphatic carbocycles. The van der Waals surface area contributed by atoms with Crippen LogP contribution in [0.5, 0.6) is 0 Å². The number of carbonyl (C=O) groups excluding carboxylic acids is 2. The molecule has 0 unspecified atom stereocenters. The minimum atomic E-state index is -0.478. The Morgan fingerprint density at radius 2 is 1.41 bits per heavy atom. The molecule has 4 heteroatoms. The zero-order valence-electron chi connectivity index (χ0n) is 14.4. The van der Waals surface area contributed by atoms with E-state index in [0.717, 1.165) is 11.1 Å². The van der Waals surface area contributed by atoms with Crippen LogP contribution in [0.1, 0.15) is 59.5 Å². The lowest BCUT2D eigenvalue weighted by Gasteiger charge is -2.15. The van der Waals surface area contributed by atoms with Gasteiger partial charge in [0, 0.05) is 0 Å². The van der Waals surface area contributed by atoms with Crippen molar-refractivity contribution in [3.05, 3.63) is 34.4 Å². The molecular weight excluding hydrogens is 280 g/mol. The van der Waals surface area contributed by atoms with E-state index < -0.39 is 11.9 Å². The minimum absolute atomic E-state index is 0.241. The van der Waals surface area contributed by atoms with Crippen molar-refractivity contribution < 1.29 is 19.1 Å². The summed E-state index contributed by atoms with van der Waals surface area (Å²) in [5.74, 6) is -0.461. The van der Waals surface area contributed by atoms with Crippen molar-refractivity contribution in [2.24, 2.45) is 11.8 Å². The molecule has 4 nitrogen and oxygen atoms in total. The summed E-state index contributed by atoms with van der Waals surface area (Å²) >= 11 is 0. The van der Waals surface area contributed by atoms with Crippen LogP contribution < -0.4 is 0 Å². The Kier molecular flexibility index (Phi) is 6.60. The van der Waals surface area contributed by atoms with Crippen molar-refractivity contribution in [3.8, 4) is 0 Å². The Hall–Kier alpha value is -1.84. The fourth-order valence-electron chi connectivity index (χ4n) is 1.88. The molecule has 0 aromatic heterocycles. The van der Waals surface area contributed by atoms with Gasteiger partial charge in [0.25, 0.3) is 0 Å². The molecule has 0 N–H and O–H groups in total. The van der Waals surface area contributed by atoms with E-state index in [1.807, 2.05) is 47.6 Å². The highest BCUT2D eigenvalue weighted by Gasteiger charge is 2.23. The maximum Gasteiger partial charge on any atom is 0.339 e. The first-order valence-electron chi connectivity index (χ1n) is 7.68. The number of ether oxygens (including phenoxy) is 2. The van der Waals surface area contributed by atoms with Gasteiger partial charge in [0.05, 0.1) is 24.3 Å². The minimum Gasteiger partial charge on any atom is -0.462 e. The first kappa shape index (κ1) is 18.2. The molecule has 0 saturated heterocycles. The maximum absolute atomic E-state index is 12.4. The summed E-state index contributed by atoms with van der Waals surface area (Å²) in [5.41, 5.74) is 2.29. The van der Waals surface area contributed by atoms with E-state index in [1.165, 1.54) is 0 Å². The van der Waals surface area contributed by atoms with Crippen LogP contribution in [-0.2, 0) is 9.47 Å². The van der Waals surface area contributed by atoms with Crippen molar-refractivity contribution >= 4 is 11.9 Å². The maximum atomic E-state index is 12.4. The third-order valence-electron chi connectivity index (χ3n) is 3.26. The number of hydrogen-bond acceptors (Lipinski definition) is 4. The molecule has 122 valence electrons. The molecular formula is C18H26O4. The normalized spacial score (nSPS) is 10.9. The van der Waals surface area contributed by atoms with Gasteiger partial charge >= 0.3 is 11.9 Å². The van der Waals surface area contributed by atoms with Crippen molar-refractivity contribution in [1.82, 2.24) is 0 Å². The van der Waals surface area contributed by atoms with E-state index >= 15 is 0 Å². The van der Waals surface area contributed by atoms with Gasteiger partial charge in [-0.3, -0.25) is 0 Å². The van der Waals surface area contributed by atoms with Crippen molar-refractivity contribution in [2.45, 2.75) is 41.5 Å². The second-order valence-electron chi connectivity index (χ2n) is 6.41. The molecule has 0 radical (unpaired) electrons. The van der Waals surface area contributed by atoms with Gasteiger partial charge in [-0.05, 0) is 42.9 Å². The van der Waals surface area contributed by atoms with Gasteiger partial charge in [0.1, 0.15) is 0 Å². The van der Waals surface area contributed by atoms with Crippen molar-refractivity contribution in [2.75, 3.05) is 13.2 Å². The summed E-state index contributed by atoms with van der Waals surface area (Å²) in [6, 6.07) is 3.46. The topological polar surface area (TPSA) is 52.6 Å². The van der Waals surface area contributed by atoms with E-state index in [1.54, 1.807) is 6.07 Å². The molecule has 0 spiro atoms. The van der Waals surface area contributed by atoms with E-state index in [-0.39, 0.29) is 17.4 Å². The third kappa shape index (κ3) is 4.86. The fraction of sp³-hybridized carbons (Fsp3) is 0.556. The van der Waals surface area contributed by atoms with E-state index in [2.05, 4.69) is 0 Å². The summed E-state index contributed by atoms with van der Waals surface area (Å²) in [7, 11) is 0. The van der Waals surface area contributed by atoms with Crippen LogP contribution in [0.25, 0.3) is 0 Å². The van der Waals surface area contributed by atoms with Crippen LogP contribution in [0.2, 0.25) is 0 Å². The Balaban J connectivity index is 3.09. The van der Waals surface area contributed by atoms with Crippen LogP contribution in [-0.4, -0.2) is 25.2 Å². The van der Waals surface area contributed by atoms with Crippen LogP contribution in [0, 0.1) is 25.7 Å². The van der Waals surface area contributed by atoms with E-state index in [9.17, 15) is 9.59 Å². The average molecular weight is 306 g/mol. The lowest BCUT2D eigenvalue weighted by atomic mass is 9.97. The van der Waals surface area contributed by atoms with Crippen LogP contribution in [0.4, 0.5) is 0 Å². The first-order chi connectivity index (χ1) is 10.2. The summed E-state index contributed by atoms with van der Waals surface area (Å²) in [5, 5.41) is 0. The van der Waals surface area contributed by atoms with Gasteiger partial charge in [-0.15, -0.1) is 0 Å². The lowest BCUT2D eigenvalue weighted by Crippen LogP contribution is -2.19. The standard InChI is InChI=1S/C18H26O4/c1-11(2)9-21-17(19)15-8-7-13(5)14(6)16(15)18(20)22-10-12(3)4/h7-8,11-12H,9-10H2,1-6H3. The first-order valence-corrected chi connectivity index (χ1v) is 7.68. The monoisotopic (exact) mass is 306 g/mol. The van der Waals surface area contributed by atoms with Gasteiger partial charge in [-0.1, -0.05) is 33.8 Å². The smallest absolute Gasteiger partial charge is 0.339 e. The fourth-order valence-corrected chi connectivity index (χ4v) is 1.88. The number of aryl methyl sites for hydroxylation is 1. The molecule has 0 bridgehead atoms. The number of esters is 2. The average Bonchev–Trinajstić information content (AvgIpc) is 2.44. The molecule has 0 amide bonds. The van der Waals surface area contributed by atoms with Crippen LogP contribution in [0.15, 0.2) is 12.1 Å². The van der Waals surface area contributed by atoms with Crippen molar-refractivity contribution in [3.63, 3.8) is 0 Å². The lowest BCUT2D eigenvalue weighted by molar-refractivity contribution is 0.0411. The molecule has 0 atom stereocenters. The zero-order chi connectivity index (χ0) is 16.9. The highest BCUT2D eigenvalue weighted by atomic mass is 16.5. The largest absolute Gasteiger partial charge is 0.462 e. The Morgan fingerprint density at radius 3 is 1.91 bits per heavy atom. The summed E-state index contributed by atoms with van der Waals surface area (Å²) in [4.78, 5) is 24.6. The van der Waals surface area contributed by atoms with Gasteiger partial charge in [-0.2, -0.15) is 0 Å². The summed E-state index contributed by atoms with van der Waals surface area (Å²) < 4.78 is 10.5. The van der Waals surface area contributed by atoms with E-state index in [0.29, 0.717) is 18.8 Å². The molecule has 0 heterocycles. The predicted octanol–water partition coefficient (Wildman–Crippen LogP) is 3.93. The van der Waals surface area contributed by atoms with Gasteiger partial charge in [0.2, 0.25) is 0 Å². The number of hydrogen-bond donors (Lipinski definition) is 0. The Bertz CT molecular complexity index is 544. The molecule has 0 saturated carbocycles. The quantitative estimate of drug-likeness (QED) is 0.747. The van der Waals surface area contributed by atoms with Gasteiger partial charge in [-0.25, -0.2) is 9.59 Å². The number of benzene rings is 1. The highest BCUT2D eigenvalue weighted by molar-refractivity contribution is 6.04.